The van der Waals surface area contributed by atoms with Crippen LogP contribution in [0.3, 0.4) is 0 Å². The minimum atomic E-state index is -0.866. The summed E-state index contributed by atoms with van der Waals surface area (Å²) in [5.41, 5.74) is 1.30. The molecule has 0 unspecified atom stereocenters. The van der Waals surface area contributed by atoms with Crippen LogP contribution in [0.1, 0.15) is 32.2 Å². The second-order valence-corrected chi connectivity index (χ2v) is 5.65. The summed E-state index contributed by atoms with van der Waals surface area (Å²) in [6.07, 6.45) is 3.47. The van der Waals surface area contributed by atoms with Crippen LogP contribution in [0.4, 0.5) is 14.5 Å². The van der Waals surface area contributed by atoms with E-state index in [0.717, 1.165) is 23.5 Å². The van der Waals surface area contributed by atoms with Gasteiger partial charge in [-0.3, -0.25) is 0 Å². The van der Waals surface area contributed by atoms with Crippen LogP contribution in [0.5, 0.6) is 0 Å². The molecule has 0 aliphatic rings. The molecule has 3 nitrogen and oxygen atoms in total. The van der Waals surface area contributed by atoms with Gasteiger partial charge in [0.05, 0.1) is 0 Å². The molecule has 0 saturated carbocycles. The topological polar surface area (TPSA) is 37.8 Å². The number of halogens is 2. The highest BCUT2D eigenvalue weighted by molar-refractivity contribution is 5.43. The Hall–Kier alpha value is -2.04. The van der Waals surface area contributed by atoms with Crippen LogP contribution >= 0.6 is 0 Å². The van der Waals surface area contributed by atoms with Gasteiger partial charge in [-0.2, -0.15) is 0 Å². The van der Waals surface area contributed by atoms with Gasteiger partial charge in [-0.05, 0) is 12.1 Å². The first kappa shape index (κ1) is 14.4. The molecule has 2 aromatic rings. The second kappa shape index (κ2) is 5.53. The fourth-order valence-electron chi connectivity index (χ4n) is 1.64. The predicted molar refractivity (Wildman–Crippen MR) is 74.4 cm³/mol. The van der Waals surface area contributed by atoms with Crippen LogP contribution in [-0.4, -0.2) is 9.97 Å². The monoisotopic (exact) mass is 277 g/mol. The van der Waals surface area contributed by atoms with Gasteiger partial charge in [0.25, 0.3) is 0 Å². The molecule has 106 valence electrons. The lowest BCUT2D eigenvalue weighted by molar-refractivity contribution is 0.509. The van der Waals surface area contributed by atoms with Crippen molar-refractivity contribution >= 4 is 5.69 Å². The molecule has 0 radical (unpaired) electrons. The van der Waals surface area contributed by atoms with Crippen molar-refractivity contribution in [2.75, 3.05) is 5.32 Å². The molecular formula is C15H17F2N3. The SMILES string of the molecule is CC(C)(C)c1ncc(CNc2ccc(F)c(F)c2)cn1. The zero-order valence-electron chi connectivity index (χ0n) is 11.7. The van der Waals surface area contributed by atoms with Crippen LogP contribution in [-0.2, 0) is 12.0 Å². The Labute approximate surface area is 117 Å². The molecule has 0 fully saturated rings. The van der Waals surface area contributed by atoms with Gasteiger partial charge in [-0.25, -0.2) is 18.7 Å². The van der Waals surface area contributed by atoms with Gasteiger partial charge >= 0.3 is 0 Å². The summed E-state index contributed by atoms with van der Waals surface area (Å²) in [7, 11) is 0. The molecule has 0 atom stereocenters. The summed E-state index contributed by atoms with van der Waals surface area (Å²) < 4.78 is 25.8. The maximum Gasteiger partial charge on any atom is 0.160 e. The van der Waals surface area contributed by atoms with E-state index >= 15 is 0 Å². The lowest BCUT2D eigenvalue weighted by Gasteiger charge is -2.16. The first-order chi connectivity index (χ1) is 9.36. The van der Waals surface area contributed by atoms with E-state index in [0.29, 0.717) is 12.2 Å². The minimum absolute atomic E-state index is 0.0912. The van der Waals surface area contributed by atoms with E-state index in [2.05, 4.69) is 15.3 Å². The highest BCUT2D eigenvalue weighted by Gasteiger charge is 2.16. The Bertz CT molecular complexity index is 589. The van der Waals surface area contributed by atoms with Crippen molar-refractivity contribution < 1.29 is 8.78 Å². The van der Waals surface area contributed by atoms with E-state index in [4.69, 9.17) is 0 Å². The number of aromatic nitrogens is 2. The van der Waals surface area contributed by atoms with Crippen LogP contribution in [0.15, 0.2) is 30.6 Å². The zero-order chi connectivity index (χ0) is 14.8. The van der Waals surface area contributed by atoms with Gasteiger partial charge < -0.3 is 5.32 Å². The van der Waals surface area contributed by atoms with Crippen LogP contribution in [0.2, 0.25) is 0 Å². The Kier molecular flexibility index (Phi) is 3.97. The standard InChI is InChI=1S/C15H17F2N3/c1-15(2,3)14-19-8-10(9-20-14)7-18-11-4-5-12(16)13(17)6-11/h4-6,8-9,18H,7H2,1-3H3. The number of benzene rings is 1. The molecule has 0 bridgehead atoms. The number of nitrogens with one attached hydrogen (secondary N) is 1. The predicted octanol–water partition coefficient (Wildman–Crippen LogP) is 3.66. The van der Waals surface area contributed by atoms with E-state index in [-0.39, 0.29) is 5.41 Å². The van der Waals surface area contributed by atoms with Crippen LogP contribution in [0, 0.1) is 11.6 Å². The van der Waals surface area contributed by atoms with E-state index < -0.39 is 11.6 Å². The van der Waals surface area contributed by atoms with Gasteiger partial charge in [0.2, 0.25) is 0 Å². The van der Waals surface area contributed by atoms with E-state index in [1.807, 2.05) is 20.8 Å². The average Bonchev–Trinajstić information content (AvgIpc) is 2.40. The van der Waals surface area contributed by atoms with Crippen molar-refractivity contribution in [2.24, 2.45) is 0 Å². The molecule has 20 heavy (non-hydrogen) atoms. The molecule has 0 aliphatic heterocycles. The quantitative estimate of drug-likeness (QED) is 0.930. The number of anilines is 1. The number of nitrogens with zero attached hydrogens (tertiary/aromatic N) is 2. The third-order valence-corrected chi connectivity index (χ3v) is 2.79. The molecule has 0 amide bonds. The Morgan fingerprint density at radius 3 is 2.25 bits per heavy atom. The highest BCUT2D eigenvalue weighted by atomic mass is 19.2. The first-order valence-corrected chi connectivity index (χ1v) is 6.36. The maximum atomic E-state index is 13.0. The largest absolute Gasteiger partial charge is 0.381 e. The van der Waals surface area contributed by atoms with Crippen molar-refractivity contribution in [3.63, 3.8) is 0 Å². The molecule has 0 aliphatic carbocycles. The van der Waals surface area contributed by atoms with Gasteiger partial charge in [0.15, 0.2) is 11.6 Å². The van der Waals surface area contributed by atoms with Crippen LogP contribution in [0.25, 0.3) is 0 Å². The van der Waals surface area contributed by atoms with E-state index in [1.54, 1.807) is 12.4 Å². The molecule has 5 heteroatoms. The maximum absolute atomic E-state index is 13.0. The number of rotatable bonds is 3. The Morgan fingerprint density at radius 2 is 1.70 bits per heavy atom. The molecule has 2 rings (SSSR count). The molecule has 1 aromatic heterocycles. The van der Waals surface area contributed by atoms with Crippen molar-refractivity contribution in [1.82, 2.24) is 9.97 Å². The fourth-order valence-corrected chi connectivity index (χ4v) is 1.64. The molecular weight excluding hydrogens is 260 g/mol. The number of hydrogen-bond donors (Lipinski definition) is 1. The van der Waals surface area contributed by atoms with Crippen molar-refractivity contribution in [3.8, 4) is 0 Å². The highest BCUT2D eigenvalue weighted by Crippen LogP contribution is 2.18. The van der Waals surface area contributed by atoms with Gasteiger partial charge in [-0.1, -0.05) is 20.8 Å². The summed E-state index contributed by atoms with van der Waals surface area (Å²) >= 11 is 0. The lowest BCUT2D eigenvalue weighted by atomic mass is 9.96. The van der Waals surface area contributed by atoms with Crippen LogP contribution < -0.4 is 5.32 Å². The third-order valence-electron chi connectivity index (χ3n) is 2.79. The Morgan fingerprint density at radius 1 is 1.05 bits per heavy atom. The van der Waals surface area contributed by atoms with Gasteiger partial charge in [0.1, 0.15) is 5.82 Å². The first-order valence-electron chi connectivity index (χ1n) is 6.36. The number of hydrogen-bond acceptors (Lipinski definition) is 3. The lowest BCUT2D eigenvalue weighted by Crippen LogP contribution is -2.16. The summed E-state index contributed by atoms with van der Waals surface area (Å²) in [4.78, 5) is 8.62. The van der Waals surface area contributed by atoms with Gasteiger partial charge in [-0.15, -0.1) is 0 Å². The van der Waals surface area contributed by atoms with Gasteiger partial charge in [0, 0.05) is 41.7 Å². The fraction of sp³-hybridized carbons (Fsp3) is 0.333. The summed E-state index contributed by atoms with van der Waals surface area (Å²) in [6, 6.07) is 3.71. The normalized spacial score (nSPS) is 11.4. The van der Waals surface area contributed by atoms with E-state index in [1.165, 1.54) is 6.07 Å². The second-order valence-electron chi connectivity index (χ2n) is 5.65. The Balaban J connectivity index is 2.02. The van der Waals surface area contributed by atoms with E-state index in [9.17, 15) is 8.78 Å². The molecule has 0 saturated heterocycles. The molecule has 0 spiro atoms. The molecule has 1 heterocycles. The smallest absolute Gasteiger partial charge is 0.160 e. The molecule has 1 aromatic carbocycles. The third kappa shape index (κ3) is 3.50. The summed E-state index contributed by atoms with van der Waals surface area (Å²) in [6.45, 7) is 6.58. The average molecular weight is 277 g/mol. The zero-order valence-corrected chi connectivity index (χ0v) is 11.7. The molecule has 1 N–H and O–H groups in total. The van der Waals surface area contributed by atoms with Crippen molar-refractivity contribution in [3.05, 3.63) is 53.6 Å². The van der Waals surface area contributed by atoms with Crippen molar-refractivity contribution in [2.45, 2.75) is 32.7 Å². The minimum Gasteiger partial charge on any atom is -0.381 e. The summed E-state index contributed by atoms with van der Waals surface area (Å²) in [5, 5.41) is 3.00. The van der Waals surface area contributed by atoms with Crippen molar-refractivity contribution in [1.29, 1.82) is 0 Å². The summed E-state index contributed by atoms with van der Waals surface area (Å²) in [5.74, 6) is -0.947.